The first-order valence-corrected chi connectivity index (χ1v) is 8.56. The van der Waals surface area contributed by atoms with Gasteiger partial charge in [0.15, 0.2) is 0 Å². The molecule has 0 atom stereocenters. The molecule has 0 spiro atoms. The van der Waals surface area contributed by atoms with Gasteiger partial charge in [-0.3, -0.25) is 4.79 Å². The average molecular weight is 331 g/mol. The predicted octanol–water partition coefficient (Wildman–Crippen LogP) is 2.12. The Labute approximate surface area is 140 Å². The van der Waals surface area contributed by atoms with Gasteiger partial charge in [-0.05, 0) is 28.8 Å². The Hall–Kier alpha value is -2.15. The molecule has 122 valence electrons. The first-order valence-electron chi connectivity index (χ1n) is 7.62. The lowest BCUT2D eigenvalue weighted by Gasteiger charge is -2.29. The number of carbonyl (C=O) groups excluding carboxylic acids is 1. The largest absolute Gasteiger partial charge is 0.366 e. The minimum atomic E-state index is 0.0912. The number of anilines is 2. The van der Waals surface area contributed by atoms with Crippen LogP contribution in [0.2, 0.25) is 0 Å². The maximum atomic E-state index is 11.7. The molecule has 2 aromatic rings. The van der Waals surface area contributed by atoms with Crippen molar-refractivity contribution >= 4 is 29.0 Å². The van der Waals surface area contributed by atoms with E-state index in [9.17, 15) is 4.79 Å². The van der Waals surface area contributed by atoms with Gasteiger partial charge in [0.1, 0.15) is 5.82 Å². The highest BCUT2D eigenvalue weighted by molar-refractivity contribution is 7.07. The number of rotatable bonds is 4. The molecule has 0 fully saturated rings. The van der Waals surface area contributed by atoms with Crippen molar-refractivity contribution in [2.24, 2.45) is 0 Å². The molecule has 0 saturated heterocycles. The van der Waals surface area contributed by atoms with Crippen LogP contribution in [-0.2, 0) is 24.3 Å². The minimum absolute atomic E-state index is 0.0912. The first-order chi connectivity index (χ1) is 11.0. The van der Waals surface area contributed by atoms with Gasteiger partial charge in [0.05, 0.1) is 12.2 Å². The van der Waals surface area contributed by atoms with E-state index in [4.69, 9.17) is 0 Å². The lowest BCUT2D eigenvalue weighted by molar-refractivity contribution is -0.129. The van der Waals surface area contributed by atoms with Crippen molar-refractivity contribution in [3.63, 3.8) is 0 Å². The van der Waals surface area contributed by atoms with Crippen LogP contribution in [0.5, 0.6) is 0 Å². The summed E-state index contributed by atoms with van der Waals surface area (Å²) in [5.41, 5.74) is 3.32. The van der Waals surface area contributed by atoms with Gasteiger partial charge >= 0.3 is 0 Å². The van der Waals surface area contributed by atoms with E-state index in [-0.39, 0.29) is 5.91 Å². The zero-order valence-corrected chi connectivity index (χ0v) is 14.5. The molecule has 0 aliphatic carbocycles. The van der Waals surface area contributed by atoms with Gasteiger partial charge in [-0.15, -0.1) is 0 Å². The van der Waals surface area contributed by atoms with Crippen LogP contribution in [0.1, 0.15) is 23.7 Å². The van der Waals surface area contributed by atoms with E-state index < -0.39 is 0 Å². The van der Waals surface area contributed by atoms with Gasteiger partial charge in [0, 0.05) is 39.7 Å². The molecule has 1 amide bonds. The number of amides is 1. The number of aromatic nitrogens is 2. The SMILES string of the molecule is CC(=O)N1CCc2c(nc(N(C)C)nc2NCc2ccsc2)C1. The summed E-state index contributed by atoms with van der Waals surface area (Å²) in [7, 11) is 3.85. The van der Waals surface area contributed by atoms with Crippen molar-refractivity contribution in [3.05, 3.63) is 33.6 Å². The Kier molecular flexibility index (Phi) is 4.47. The second-order valence-electron chi connectivity index (χ2n) is 5.87. The molecule has 0 bridgehead atoms. The quantitative estimate of drug-likeness (QED) is 0.930. The fraction of sp³-hybridized carbons (Fsp3) is 0.438. The molecule has 6 nitrogen and oxygen atoms in total. The van der Waals surface area contributed by atoms with Gasteiger partial charge in [0.25, 0.3) is 0 Å². The molecule has 3 heterocycles. The zero-order chi connectivity index (χ0) is 16.4. The summed E-state index contributed by atoms with van der Waals surface area (Å²) in [5, 5.41) is 7.64. The highest BCUT2D eigenvalue weighted by Gasteiger charge is 2.24. The number of hydrogen-bond acceptors (Lipinski definition) is 6. The number of fused-ring (bicyclic) bond motifs is 1. The van der Waals surface area contributed by atoms with Gasteiger partial charge < -0.3 is 15.1 Å². The van der Waals surface area contributed by atoms with Crippen molar-refractivity contribution < 1.29 is 4.79 Å². The normalized spacial score (nSPS) is 13.6. The number of thiophene rings is 1. The first kappa shape index (κ1) is 15.7. The highest BCUT2D eigenvalue weighted by Crippen LogP contribution is 2.26. The van der Waals surface area contributed by atoms with Crippen molar-refractivity contribution in [2.75, 3.05) is 30.9 Å². The second-order valence-corrected chi connectivity index (χ2v) is 6.65. The average Bonchev–Trinajstić information content (AvgIpc) is 3.04. The van der Waals surface area contributed by atoms with Crippen LogP contribution >= 0.6 is 11.3 Å². The Morgan fingerprint density at radius 2 is 2.26 bits per heavy atom. The van der Waals surface area contributed by atoms with Crippen LogP contribution in [-0.4, -0.2) is 41.4 Å². The lowest BCUT2D eigenvalue weighted by Crippen LogP contribution is -2.35. The topological polar surface area (TPSA) is 61.4 Å². The van der Waals surface area contributed by atoms with E-state index in [1.165, 1.54) is 5.56 Å². The third kappa shape index (κ3) is 3.44. The molecule has 2 aromatic heterocycles. The van der Waals surface area contributed by atoms with Crippen LogP contribution in [0.15, 0.2) is 16.8 Å². The number of nitrogens with zero attached hydrogens (tertiary/aromatic N) is 4. The third-order valence-corrected chi connectivity index (χ3v) is 4.67. The minimum Gasteiger partial charge on any atom is -0.366 e. The molecule has 3 rings (SSSR count). The van der Waals surface area contributed by atoms with Crippen molar-refractivity contribution in [3.8, 4) is 0 Å². The number of nitrogens with one attached hydrogen (secondary N) is 1. The molecule has 23 heavy (non-hydrogen) atoms. The lowest BCUT2D eigenvalue weighted by atomic mass is 10.1. The van der Waals surface area contributed by atoms with Gasteiger partial charge in [-0.25, -0.2) is 4.98 Å². The monoisotopic (exact) mass is 331 g/mol. The Balaban J connectivity index is 1.90. The number of carbonyl (C=O) groups is 1. The summed E-state index contributed by atoms with van der Waals surface area (Å²) in [5.74, 6) is 1.64. The fourth-order valence-electron chi connectivity index (χ4n) is 2.61. The van der Waals surface area contributed by atoms with Crippen LogP contribution in [0.3, 0.4) is 0 Å². The second kappa shape index (κ2) is 6.54. The summed E-state index contributed by atoms with van der Waals surface area (Å²) in [6.45, 7) is 3.63. The standard InChI is InChI=1S/C16H21N5OS/c1-11(22)21-6-4-13-14(9-21)18-16(20(2)3)19-15(13)17-8-12-5-7-23-10-12/h5,7,10H,4,6,8-9H2,1-3H3,(H,17,18,19). The van der Waals surface area contributed by atoms with E-state index in [1.807, 2.05) is 23.9 Å². The molecule has 1 aliphatic rings. The molecule has 0 aromatic carbocycles. The van der Waals surface area contributed by atoms with E-state index in [2.05, 4.69) is 32.1 Å². The molecule has 1 N–H and O–H groups in total. The summed E-state index contributed by atoms with van der Waals surface area (Å²) >= 11 is 1.69. The molecule has 7 heteroatoms. The molecule has 0 saturated carbocycles. The smallest absolute Gasteiger partial charge is 0.227 e. The van der Waals surface area contributed by atoms with Crippen molar-refractivity contribution in [1.82, 2.24) is 14.9 Å². The van der Waals surface area contributed by atoms with E-state index in [1.54, 1.807) is 18.3 Å². The molecule has 0 radical (unpaired) electrons. The Bertz CT molecular complexity index is 699. The maximum Gasteiger partial charge on any atom is 0.227 e. The van der Waals surface area contributed by atoms with Crippen LogP contribution in [0.4, 0.5) is 11.8 Å². The van der Waals surface area contributed by atoms with Gasteiger partial charge in [0.2, 0.25) is 11.9 Å². The molecule has 0 unspecified atom stereocenters. The van der Waals surface area contributed by atoms with Crippen molar-refractivity contribution in [2.45, 2.75) is 26.4 Å². The van der Waals surface area contributed by atoms with E-state index in [0.717, 1.165) is 36.6 Å². The van der Waals surface area contributed by atoms with Crippen molar-refractivity contribution in [1.29, 1.82) is 0 Å². The summed E-state index contributed by atoms with van der Waals surface area (Å²) in [6.07, 6.45) is 0.786. The highest BCUT2D eigenvalue weighted by atomic mass is 32.1. The maximum absolute atomic E-state index is 11.7. The van der Waals surface area contributed by atoms with Crippen LogP contribution in [0.25, 0.3) is 0 Å². The molecular weight excluding hydrogens is 310 g/mol. The van der Waals surface area contributed by atoms with Gasteiger partial charge in [-0.2, -0.15) is 16.3 Å². The van der Waals surface area contributed by atoms with E-state index in [0.29, 0.717) is 12.5 Å². The van der Waals surface area contributed by atoms with E-state index >= 15 is 0 Å². The third-order valence-electron chi connectivity index (χ3n) is 3.94. The fourth-order valence-corrected chi connectivity index (χ4v) is 3.28. The number of hydrogen-bond donors (Lipinski definition) is 1. The molecular formula is C16H21N5OS. The predicted molar refractivity (Wildman–Crippen MR) is 92.8 cm³/mol. The zero-order valence-electron chi connectivity index (χ0n) is 13.7. The Morgan fingerprint density at radius 3 is 2.91 bits per heavy atom. The molecule has 1 aliphatic heterocycles. The summed E-state index contributed by atoms with van der Waals surface area (Å²) < 4.78 is 0. The Morgan fingerprint density at radius 1 is 1.43 bits per heavy atom. The van der Waals surface area contributed by atoms with Gasteiger partial charge in [-0.1, -0.05) is 0 Å². The summed E-state index contributed by atoms with van der Waals surface area (Å²) in [4.78, 5) is 24.7. The van der Waals surface area contributed by atoms with Crippen LogP contribution < -0.4 is 10.2 Å². The summed E-state index contributed by atoms with van der Waals surface area (Å²) in [6, 6.07) is 2.11. The van der Waals surface area contributed by atoms with Crippen LogP contribution in [0, 0.1) is 0 Å².